The van der Waals surface area contributed by atoms with Gasteiger partial charge in [0.05, 0.1) is 24.9 Å². The predicted octanol–water partition coefficient (Wildman–Crippen LogP) is 4.59. The number of halogens is 3. The minimum absolute atomic E-state index is 0.0752. The fourth-order valence-electron chi connectivity index (χ4n) is 5.80. The molecule has 2 aromatic carbocycles. The van der Waals surface area contributed by atoms with Gasteiger partial charge < -0.3 is 30.9 Å². The van der Waals surface area contributed by atoms with Crippen LogP contribution in [0, 0.1) is 6.92 Å². The highest BCUT2D eigenvalue weighted by atomic mass is 19.4. The number of carbonyl (C=O) groups is 2. The summed E-state index contributed by atoms with van der Waals surface area (Å²) in [5.41, 5.74) is 2.18. The Morgan fingerprint density at radius 1 is 1.09 bits per heavy atom. The van der Waals surface area contributed by atoms with Crippen molar-refractivity contribution >= 4 is 29.3 Å². The zero-order valence-electron chi connectivity index (χ0n) is 25.0. The highest BCUT2D eigenvalue weighted by molar-refractivity contribution is 5.97. The molecule has 44 heavy (non-hydrogen) atoms. The van der Waals surface area contributed by atoms with Crippen molar-refractivity contribution in [3.05, 3.63) is 70.4 Å². The first-order valence-corrected chi connectivity index (χ1v) is 14.4. The van der Waals surface area contributed by atoms with Gasteiger partial charge in [-0.2, -0.15) is 18.2 Å². The number of carbonyl (C=O) groups excluding carboxylic acids is 2. The molecule has 2 heterocycles. The first-order chi connectivity index (χ1) is 20.9. The molecule has 1 aliphatic carbocycles. The van der Waals surface area contributed by atoms with Crippen LogP contribution in [0.25, 0.3) is 0 Å². The van der Waals surface area contributed by atoms with E-state index in [1.54, 1.807) is 19.1 Å². The van der Waals surface area contributed by atoms with Crippen molar-refractivity contribution in [2.75, 3.05) is 37.9 Å². The molecule has 1 aliphatic heterocycles. The monoisotopic (exact) mass is 611 g/mol. The molecular weight excluding hydrogens is 575 g/mol. The van der Waals surface area contributed by atoms with E-state index in [0.29, 0.717) is 29.0 Å². The van der Waals surface area contributed by atoms with Crippen LogP contribution in [0.3, 0.4) is 0 Å². The normalized spacial score (nSPS) is 18.8. The Morgan fingerprint density at radius 3 is 2.50 bits per heavy atom. The number of aromatic nitrogens is 2. The average Bonchev–Trinajstić information content (AvgIpc) is 3.30. The Kier molecular flexibility index (Phi) is 8.95. The highest BCUT2D eigenvalue weighted by Crippen LogP contribution is 2.38. The van der Waals surface area contributed by atoms with Crippen LogP contribution in [0.5, 0.6) is 5.75 Å². The van der Waals surface area contributed by atoms with Gasteiger partial charge in [0.25, 0.3) is 5.91 Å². The number of hydrogen-bond acceptors (Lipinski definition) is 8. The van der Waals surface area contributed by atoms with Gasteiger partial charge in [0.2, 0.25) is 11.9 Å². The topological polar surface area (TPSA) is 121 Å². The Labute approximate surface area is 253 Å². The number of anilines is 3. The smallest absolute Gasteiger partial charge is 0.421 e. The molecule has 1 saturated heterocycles. The number of piperidine rings is 1. The Bertz CT molecular complexity index is 1540. The maximum absolute atomic E-state index is 14.1. The Balaban J connectivity index is 1.40. The number of benzene rings is 2. The zero-order chi connectivity index (χ0) is 31.6. The molecule has 0 radical (unpaired) electrons. The van der Waals surface area contributed by atoms with Crippen molar-refractivity contribution in [1.29, 1.82) is 0 Å². The average molecular weight is 612 g/mol. The van der Waals surface area contributed by atoms with E-state index in [1.165, 1.54) is 14.0 Å². The number of amides is 2. The molecule has 5 rings (SSSR count). The van der Waals surface area contributed by atoms with Gasteiger partial charge in [0, 0.05) is 24.7 Å². The quantitative estimate of drug-likeness (QED) is 0.292. The van der Waals surface area contributed by atoms with Crippen LogP contribution in [-0.4, -0.2) is 66.0 Å². The van der Waals surface area contributed by atoms with Crippen molar-refractivity contribution in [2.45, 2.75) is 57.4 Å². The largest absolute Gasteiger partial charge is 0.495 e. The second-order valence-corrected chi connectivity index (χ2v) is 11.3. The molecule has 0 unspecified atom stereocenters. The molecular formula is C31H36F3N7O3. The van der Waals surface area contributed by atoms with Crippen molar-refractivity contribution in [1.82, 2.24) is 25.5 Å². The number of nitrogens with zero attached hydrogens (tertiary/aromatic N) is 3. The summed E-state index contributed by atoms with van der Waals surface area (Å²) in [4.78, 5) is 35.4. The number of hydrogen-bond donors (Lipinski definition) is 4. The lowest BCUT2D eigenvalue weighted by atomic mass is 10.0. The fraction of sp³-hybridized carbons (Fsp3) is 0.419. The number of alkyl halides is 3. The van der Waals surface area contributed by atoms with E-state index < -0.39 is 29.6 Å². The molecule has 13 heteroatoms. The van der Waals surface area contributed by atoms with Crippen molar-refractivity contribution < 1.29 is 27.5 Å². The second kappa shape index (κ2) is 12.7. The van der Waals surface area contributed by atoms with Gasteiger partial charge in [-0.15, -0.1) is 0 Å². The van der Waals surface area contributed by atoms with Gasteiger partial charge in [-0.1, -0.05) is 24.3 Å². The third kappa shape index (κ3) is 6.88. The zero-order valence-corrected chi connectivity index (χ0v) is 25.0. The van der Waals surface area contributed by atoms with E-state index in [-0.39, 0.29) is 23.8 Å². The molecule has 234 valence electrons. The van der Waals surface area contributed by atoms with Crippen molar-refractivity contribution in [2.24, 2.45) is 0 Å². The van der Waals surface area contributed by atoms with Crippen LogP contribution in [0.15, 0.2) is 42.6 Å². The number of methoxy groups -OCH3 is 1. The van der Waals surface area contributed by atoms with Gasteiger partial charge in [-0.05, 0) is 75.1 Å². The summed E-state index contributed by atoms with van der Waals surface area (Å²) in [6.07, 6.45) is -1.90. The molecule has 0 saturated carbocycles. The lowest BCUT2D eigenvalue weighted by Gasteiger charge is -2.29. The van der Waals surface area contributed by atoms with E-state index in [4.69, 9.17) is 4.74 Å². The van der Waals surface area contributed by atoms with Gasteiger partial charge in [0.15, 0.2) is 0 Å². The maximum Gasteiger partial charge on any atom is 0.421 e. The number of fused-ring (bicyclic) bond motifs is 1. The van der Waals surface area contributed by atoms with Crippen LogP contribution >= 0.6 is 0 Å². The third-order valence-corrected chi connectivity index (χ3v) is 8.10. The van der Waals surface area contributed by atoms with Gasteiger partial charge in [-0.3, -0.25) is 9.59 Å². The molecule has 0 bridgehead atoms. The number of ether oxygens (including phenoxy) is 1. The lowest BCUT2D eigenvalue weighted by Crippen LogP contribution is -2.43. The summed E-state index contributed by atoms with van der Waals surface area (Å²) in [5, 5.41) is 11.8. The van der Waals surface area contributed by atoms with E-state index in [2.05, 4.69) is 43.2 Å². The molecule has 2 atom stereocenters. The van der Waals surface area contributed by atoms with E-state index in [1.807, 2.05) is 24.3 Å². The van der Waals surface area contributed by atoms with Crippen LogP contribution in [0.1, 0.15) is 58.4 Å². The van der Waals surface area contributed by atoms with E-state index >= 15 is 0 Å². The summed E-state index contributed by atoms with van der Waals surface area (Å²) in [6, 6.07) is 9.62. The predicted molar refractivity (Wildman–Crippen MR) is 160 cm³/mol. The first-order valence-electron chi connectivity index (χ1n) is 14.4. The molecule has 2 aliphatic rings. The molecule has 3 aromatic rings. The van der Waals surface area contributed by atoms with E-state index in [0.717, 1.165) is 43.3 Å². The fourth-order valence-corrected chi connectivity index (χ4v) is 5.80. The summed E-state index contributed by atoms with van der Waals surface area (Å²) in [5.74, 6) is -0.739. The minimum Gasteiger partial charge on any atom is -0.495 e. The lowest BCUT2D eigenvalue weighted by molar-refractivity contribution is -0.137. The first kappa shape index (κ1) is 31.0. The Morgan fingerprint density at radius 2 is 1.82 bits per heavy atom. The van der Waals surface area contributed by atoms with Crippen LogP contribution in [0.4, 0.5) is 30.6 Å². The number of likely N-dealkylation sites (tertiary alicyclic amines) is 1. The highest BCUT2D eigenvalue weighted by Gasteiger charge is 2.39. The van der Waals surface area contributed by atoms with Crippen LogP contribution in [-0.2, 0) is 17.4 Å². The summed E-state index contributed by atoms with van der Waals surface area (Å²) in [6.45, 7) is 4.95. The Hall–Kier alpha value is -4.39. The number of aryl methyl sites for hydroxylation is 1. The van der Waals surface area contributed by atoms with Gasteiger partial charge in [0.1, 0.15) is 17.1 Å². The molecule has 4 N–H and O–H groups in total. The molecule has 2 amide bonds. The van der Waals surface area contributed by atoms with E-state index in [9.17, 15) is 22.8 Å². The van der Waals surface area contributed by atoms with Gasteiger partial charge in [-0.25, -0.2) is 4.98 Å². The minimum atomic E-state index is -4.73. The standard InChI is InChI=1S/C31H36F3N7O3/c1-17-13-24(26(44-4)15-22(17)29(43)37-20-9-11-41(3)12-10-20)39-30-35-16-23(31(32,33)34)28(40-30)38-25-14-19-7-5-6-8-21(19)27(25)36-18(2)42/h5-8,13,15-16,20,25,27H,9-12,14H2,1-4H3,(H,36,42)(H,37,43)(H2,35,38,39,40)/t25-,27-/m1/s1. The van der Waals surface area contributed by atoms with Crippen molar-refractivity contribution in [3.8, 4) is 5.75 Å². The van der Waals surface area contributed by atoms with Crippen LogP contribution < -0.4 is 26.0 Å². The SMILES string of the molecule is COc1cc(C(=O)NC2CCN(C)CC2)c(C)cc1Nc1ncc(C(F)(F)F)c(N[C@@H]2Cc3ccccc3[C@H]2NC(C)=O)n1. The summed E-state index contributed by atoms with van der Waals surface area (Å²) < 4.78 is 47.7. The summed E-state index contributed by atoms with van der Waals surface area (Å²) >= 11 is 0. The summed E-state index contributed by atoms with van der Waals surface area (Å²) in [7, 11) is 3.49. The van der Waals surface area contributed by atoms with Crippen LogP contribution in [0.2, 0.25) is 0 Å². The molecule has 10 nitrogen and oxygen atoms in total. The number of nitrogens with one attached hydrogen (secondary N) is 4. The maximum atomic E-state index is 14.1. The third-order valence-electron chi connectivity index (χ3n) is 8.10. The van der Waals surface area contributed by atoms with Crippen molar-refractivity contribution in [3.63, 3.8) is 0 Å². The molecule has 1 aromatic heterocycles. The number of rotatable bonds is 8. The molecule has 1 fully saturated rings. The second-order valence-electron chi connectivity index (χ2n) is 11.3. The molecule has 0 spiro atoms. The van der Waals surface area contributed by atoms with Gasteiger partial charge >= 0.3 is 6.18 Å².